The van der Waals surface area contributed by atoms with Crippen molar-refractivity contribution in [3.05, 3.63) is 88.7 Å². The summed E-state index contributed by atoms with van der Waals surface area (Å²) in [5.41, 5.74) is 1.42. The van der Waals surface area contributed by atoms with Gasteiger partial charge in [-0.15, -0.1) is 0 Å². The second-order valence-corrected chi connectivity index (χ2v) is 7.96. The van der Waals surface area contributed by atoms with Crippen molar-refractivity contribution in [3.8, 4) is 23.1 Å². The van der Waals surface area contributed by atoms with E-state index in [1.807, 2.05) is 24.3 Å². The van der Waals surface area contributed by atoms with Gasteiger partial charge in [0.1, 0.15) is 17.1 Å². The lowest BCUT2D eigenvalue weighted by atomic mass is 10.2. The molecular formula is C28H23N3O6. The van der Waals surface area contributed by atoms with Crippen molar-refractivity contribution in [2.45, 2.75) is 6.92 Å². The standard InChI is InChI=1S/C28H23N3O6/c1-3-35-26(32)17-36-19-9-6-8-18(14-19)16-29-31-27(30-22-11-5-4-10-20(22)28(31)33)25-15-21-23(34-2)12-7-13-24(21)37-25/h4-16H,3,17H2,1-2H3. The van der Waals surface area contributed by atoms with Crippen LogP contribution in [-0.4, -0.2) is 42.2 Å². The maximum atomic E-state index is 13.5. The summed E-state index contributed by atoms with van der Waals surface area (Å²) in [6.45, 7) is 1.81. The lowest BCUT2D eigenvalue weighted by molar-refractivity contribution is -0.145. The highest BCUT2D eigenvalue weighted by Crippen LogP contribution is 2.32. The number of aromatic nitrogens is 2. The van der Waals surface area contributed by atoms with Gasteiger partial charge in [0.25, 0.3) is 5.56 Å². The molecule has 0 saturated heterocycles. The molecule has 0 atom stereocenters. The molecule has 0 aliphatic heterocycles. The molecule has 0 unspecified atom stereocenters. The van der Waals surface area contributed by atoms with E-state index < -0.39 is 5.97 Å². The van der Waals surface area contributed by atoms with Gasteiger partial charge in [-0.2, -0.15) is 9.78 Å². The molecule has 0 N–H and O–H groups in total. The van der Waals surface area contributed by atoms with Gasteiger partial charge in [-0.3, -0.25) is 4.79 Å². The van der Waals surface area contributed by atoms with Crippen molar-refractivity contribution in [2.75, 3.05) is 20.3 Å². The zero-order valence-corrected chi connectivity index (χ0v) is 20.2. The lowest BCUT2D eigenvalue weighted by Crippen LogP contribution is -2.20. The Morgan fingerprint density at radius 2 is 1.89 bits per heavy atom. The second kappa shape index (κ2) is 10.4. The topological polar surface area (TPSA) is 105 Å². The highest BCUT2D eigenvalue weighted by molar-refractivity contribution is 5.88. The average Bonchev–Trinajstić information content (AvgIpc) is 3.36. The van der Waals surface area contributed by atoms with Crippen molar-refractivity contribution in [1.29, 1.82) is 0 Å². The smallest absolute Gasteiger partial charge is 0.344 e. The summed E-state index contributed by atoms with van der Waals surface area (Å²) in [4.78, 5) is 29.7. The number of nitrogens with zero attached hydrogens (tertiary/aromatic N) is 3. The van der Waals surface area contributed by atoms with Gasteiger partial charge in [-0.1, -0.05) is 30.3 Å². The monoisotopic (exact) mass is 497 g/mol. The zero-order chi connectivity index (χ0) is 25.8. The number of esters is 1. The number of benzene rings is 3. The molecule has 9 nitrogen and oxygen atoms in total. The van der Waals surface area contributed by atoms with Crippen LogP contribution in [0, 0.1) is 0 Å². The molecule has 186 valence electrons. The number of methoxy groups -OCH3 is 1. The van der Waals surface area contributed by atoms with Crippen LogP contribution in [-0.2, 0) is 9.53 Å². The first kappa shape index (κ1) is 23.8. The van der Waals surface area contributed by atoms with E-state index in [-0.39, 0.29) is 24.6 Å². The Morgan fingerprint density at radius 1 is 1.05 bits per heavy atom. The minimum absolute atomic E-state index is 0.206. The van der Waals surface area contributed by atoms with E-state index in [4.69, 9.17) is 23.6 Å². The molecule has 3 aromatic carbocycles. The molecule has 2 aromatic heterocycles. The van der Waals surface area contributed by atoms with Gasteiger partial charge < -0.3 is 18.6 Å². The maximum Gasteiger partial charge on any atom is 0.344 e. The molecule has 5 aromatic rings. The lowest BCUT2D eigenvalue weighted by Gasteiger charge is -2.08. The number of ether oxygens (including phenoxy) is 3. The van der Waals surface area contributed by atoms with E-state index >= 15 is 0 Å². The van der Waals surface area contributed by atoms with Gasteiger partial charge in [0.15, 0.2) is 12.4 Å². The van der Waals surface area contributed by atoms with Crippen molar-refractivity contribution >= 4 is 34.1 Å². The molecule has 9 heteroatoms. The predicted molar refractivity (Wildman–Crippen MR) is 139 cm³/mol. The summed E-state index contributed by atoms with van der Waals surface area (Å²) < 4.78 is 23.1. The Labute approximate surface area is 211 Å². The Balaban J connectivity index is 1.56. The van der Waals surface area contributed by atoms with Crippen LogP contribution >= 0.6 is 0 Å². The fourth-order valence-electron chi connectivity index (χ4n) is 3.87. The van der Waals surface area contributed by atoms with E-state index in [1.54, 1.807) is 62.6 Å². The number of rotatable bonds is 8. The van der Waals surface area contributed by atoms with Crippen LogP contribution in [0.25, 0.3) is 33.5 Å². The molecule has 2 heterocycles. The van der Waals surface area contributed by atoms with Crippen LogP contribution in [0.2, 0.25) is 0 Å². The summed E-state index contributed by atoms with van der Waals surface area (Å²) >= 11 is 0. The third-order valence-corrected chi connectivity index (χ3v) is 5.56. The van der Waals surface area contributed by atoms with Gasteiger partial charge in [0.2, 0.25) is 5.82 Å². The van der Waals surface area contributed by atoms with Gasteiger partial charge >= 0.3 is 5.97 Å². The number of hydrogen-bond donors (Lipinski definition) is 0. The normalized spacial score (nSPS) is 11.3. The number of carbonyl (C=O) groups is 1. The molecule has 0 aliphatic rings. The van der Waals surface area contributed by atoms with Crippen molar-refractivity contribution in [2.24, 2.45) is 5.10 Å². The third-order valence-electron chi connectivity index (χ3n) is 5.56. The summed E-state index contributed by atoms with van der Waals surface area (Å²) in [7, 11) is 1.58. The van der Waals surface area contributed by atoms with Gasteiger partial charge in [0.05, 0.1) is 36.2 Å². The van der Waals surface area contributed by atoms with E-state index in [2.05, 4.69) is 5.10 Å². The Kier molecular flexibility index (Phi) is 6.67. The largest absolute Gasteiger partial charge is 0.496 e. The number of para-hydroxylation sites is 1. The molecule has 0 bridgehead atoms. The molecule has 0 saturated carbocycles. The van der Waals surface area contributed by atoms with E-state index in [0.717, 1.165) is 5.39 Å². The molecule has 0 fully saturated rings. The summed E-state index contributed by atoms with van der Waals surface area (Å²) in [6.07, 6.45) is 1.52. The van der Waals surface area contributed by atoms with Crippen LogP contribution in [0.4, 0.5) is 0 Å². The molecule has 0 radical (unpaired) electrons. The number of furan rings is 1. The fraction of sp³-hybridized carbons (Fsp3) is 0.143. The van der Waals surface area contributed by atoms with Gasteiger partial charge in [0, 0.05) is 0 Å². The fourth-order valence-corrected chi connectivity index (χ4v) is 3.87. The first-order valence-electron chi connectivity index (χ1n) is 11.6. The third kappa shape index (κ3) is 4.92. The van der Waals surface area contributed by atoms with E-state index in [0.29, 0.717) is 39.3 Å². The van der Waals surface area contributed by atoms with E-state index in [9.17, 15) is 9.59 Å². The Bertz CT molecular complexity index is 1690. The van der Waals surface area contributed by atoms with Gasteiger partial charge in [-0.25, -0.2) is 9.78 Å². The Morgan fingerprint density at radius 3 is 2.73 bits per heavy atom. The Hall–Kier alpha value is -4.92. The van der Waals surface area contributed by atoms with Gasteiger partial charge in [-0.05, 0) is 55.0 Å². The average molecular weight is 498 g/mol. The molecule has 0 spiro atoms. The van der Waals surface area contributed by atoms with Crippen molar-refractivity contribution in [3.63, 3.8) is 0 Å². The first-order chi connectivity index (χ1) is 18.1. The molecule has 0 amide bonds. The SMILES string of the molecule is CCOC(=O)COc1cccc(C=Nn2c(-c3cc4c(OC)cccc4o3)nc3ccccc3c2=O)c1. The minimum atomic E-state index is -0.456. The first-order valence-corrected chi connectivity index (χ1v) is 11.6. The minimum Gasteiger partial charge on any atom is -0.496 e. The molecule has 5 rings (SSSR count). The maximum absolute atomic E-state index is 13.5. The zero-order valence-electron chi connectivity index (χ0n) is 20.2. The van der Waals surface area contributed by atoms with Crippen LogP contribution in [0.3, 0.4) is 0 Å². The summed E-state index contributed by atoms with van der Waals surface area (Å²) in [6, 6.07) is 21.3. The number of carbonyl (C=O) groups excluding carboxylic acids is 1. The summed E-state index contributed by atoms with van der Waals surface area (Å²) in [5, 5.41) is 5.63. The number of hydrogen-bond acceptors (Lipinski definition) is 8. The van der Waals surface area contributed by atoms with Crippen LogP contribution in [0.15, 0.2) is 87.1 Å². The predicted octanol–water partition coefficient (Wildman–Crippen LogP) is 4.64. The highest BCUT2D eigenvalue weighted by Gasteiger charge is 2.18. The molecular weight excluding hydrogens is 474 g/mol. The summed E-state index contributed by atoms with van der Waals surface area (Å²) in [5.74, 6) is 1.26. The quantitative estimate of drug-likeness (QED) is 0.227. The molecule has 0 aliphatic carbocycles. The highest BCUT2D eigenvalue weighted by atomic mass is 16.6. The number of fused-ring (bicyclic) bond motifs is 2. The molecule has 37 heavy (non-hydrogen) atoms. The van der Waals surface area contributed by atoms with Crippen LogP contribution < -0.4 is 15.0 Å². The van der Waals surface area contributed by atoms with Crippen LogP contribution in [0.5, 0.6) is 11.5 Å². The second-order valence-electron chi connectivity index (χ2n) is 7.96. The van der Waals surface area contributed by atoms with Crippen LogP contribution in [0.1, 0.15) is 12.5 Å². The van der Waals surface area contributed by atoms with E-state index in [1.165, 1.54) is 10.9 Å². The van der Waals surface area contributed by atoms with Crippen molar-refractivity contribution in [1.82, 2.24) is 9.66 Å². The van der Waals surface area contributed by atoms with Crippen molar-refractivity contribution < 1.29 is 23.4 Å².